The first-order valence-corrected chi connectivity index (χ1v) is 7.70. The fourth-order valence-electron chi connectivity index (χ4n) is 2.12. The van der Waals surface area contributed by atoms with E-state index in [1.165, 1.54) is 0 Å². The molecule has 0 aliphatic carbocycles. The predicted octanol–water partition coefficient (Wildman–Crippen LogP) is 2.07. The van der Waals surface area contributed by atoms with Crippen molar-refractivity contribution in [3.8, 4) is 0 Å². The number of amides is 1. The Hall–Kier alpha value is -1.04. The minimum Gasteiger partial charge on any atom is -0.379 e. The number of carbonyl (C=O) groups is 1. The van der Waals surface area contributed by atoms with E-state index in [4.69, 9.17) is 4.74 Å². The number of anilines is 1. The Bertz CT molecular complexity index is 433. The molecular formula is C14H20N2O2S. The van der Waals surface area contributed by atoms with Crippen molar-refractivity contribution in [1.29, 1.82) is 0 Å². The average Bonchev–Trinajstić information content (AvgIpc) is 2.48. The molecule has 4 nitrogen and oxygen atoms in total. The van der Waals surface area contributed by atoms with Crippen molar-refractivity contribution < 1.29 is 9.53 Å². The third kappa shape index (κ3) is 3.72. The fraction of sp³-hybridized carbons (Fsp3) is 0.500. The Kier molecular flexibility index (Phi) is 5.24. The van der Waals surface area contributed by atoms with E-state index < -0.39 is 0 Å². The van der Waals surface area contributed by atoms with Gasteiger partial charge in [0.15, 0.2) is 0 Å². The van der Waals surface area contributed by atoms with Crippen LogP contribution in [-0.2, 0) is 9.53 Å². The summed E-state index contributed by atoms with van der Waals surface area (Å²) in [4.78, 5) is 15.5. The van der Waals surface area contributed by atoms with Gasteiger partial charge < -0.3 is 10.1 Å². The third-order valence-corrected chi connectivity index (χ3v) is 4.13. The fourth-order valence-corrected chi connectivity index (χ4v) is 2.67. The van der Waals surface area contributed by atoms with E-state index in [0.717, 1.165) is 23.7 Å². The van der Waals surface area contributed by atoms with E-state index in [9.17, 15) is 4.79 Å². The van der Waals surface area contributed by atoms with Crippen molar-refractivity contribution in [2.75, 3.05) is 37.9 Å². The zero-order valence-corrected chi connectivity index (χ0v) is 12.2. The monoisotopic (exact) mass is 280 g/mol. The molecule has 1 aromatic carbocycles. The van der Waals surface area contributed by atoms with Crippen LogP contribution in [-0.4, -0.2) is 49.4 Å². The number of carbonyl (C=O) groups excluding carboxylic acids is 1. The van der Waals surface area contributed by atoms with E-state index in [1.807, 2.05) is 37.4 Å². The SMILES string of the molecule is CSc1ccccc1NC(=O)C(C)N1CCOCC1. The van der Waals surface area contributed by atoms with Gasteiger partial charge in [0, 0.05) is 18.0 Å². The van der Waals surface area contributed by atoms with Crippen LogP contribution in [0.3, 0.4) is 0 Å². The Morgan fingerprint density at radius 2 is 2.05 bits per heavy atom. The zero-order chi connectivity index (χ0) is 13.7. The molecule has 0 aromatic heterocycles. The second kappa shape index (κ2) is 6.93. The number of nitrogens with zero attached hydrogens (tertiary/aromatic N) is 1. The highest BCUT2D eigenvalue weighted by Crippen LogP contribution is 2.24. The van der Waals surface area contributed by atoms with E-state index in [0.29, 0.717) is 13.2 Å². The number of hydrogen-bond donors (Lipinski definition) is 1. The summed E-state index contributed by atoms with van der Waals surface area (Å²) in [5, 5.41) is 3.02. The lowest BCUT2D eigenvalue weighted by Gasteiger charge is -2.31. The smallest absolute Gasteiger partial charge is 0.241 e. The summed E-state index contributed by atoms with van der Waals surface area (Å²) in [6.07, 6.45) is 2.01. The zero-order valence-electron chi connectivity index (χ0n) is 11.4. The molecule has 0 saturated carbocycles. The maximum absolute atomic E-state index is 12.3. The van der Waals surface area contributed by atoms with Crippen LogP contribution in [0.15, 0.2) is 29.2 Å². The lowest BCUT2D eigenvalue weighted by molar-refractivity contribution is -0.122. The minimum atomic E-state index is -0.126. The summed E-state index contributed by atoms with van der Waals surface area (Å²) in [5.41, 5.74) is 0.889. The molecule has 104 valence electrons. The van der Waals surface area contributed by atoms with Crippen LogP contribution in [0.4, 0.5) is 5.69 Å². The molecule has 1 aromatic rings. The molecule has 2 rings (SSSR count). The molecule has 1 fully saturated rings. The molecule has 1 atom stereocenters. The van der Waals surface area contributed by atoms with Crippen molar-refractivity contribution in [2.24, 2.45) is 0 Å². The number of ether oxygens (including phenoxy) is 1. The maximum Gasteiger partial charge on any atom is 0.241 e. The van der Waals surface area contributed by atoms with Crippen LogP contribution >= 0.6 is 11.8 Å². The van der Waals surface area contributed by atoms with E-state index in [1.54, 1.807) is 11.8 Å². The number of morpholine rings is 1. The van der Waals surface area contributed by atoms with Crippen LogP contribution in [0.1, 0.15) is 6.92 Å². The molecule has 1 saturated heterocycles. The average molecular weight is 280 g/mol. The summed E-state index contributed by atoms with van der Waals surface area (Å²) in [7, 11) is 0. The van der Waals surface area contributed by atoms with E-state index in [-0.39, 0.29) is 11.9 Å². The summed E-state index contributed by atoms with van der Waals surface area (Å²) in [6.45, 7) is 5.00. The minimum absolute atomic E-state index is 0.0448. The molecule has 1 unspecified atom stereocenters. The number of benzene rings is 1. The van der Waals surface area contributed by atoms with Gasteiger partial charge in [0.25, 0.3) is 0 Å². The molecule has 1 aliphatic rings. The molecule has 1 aliphatic heterocycles. The lowest BCUT2D eigenvalue weighted by atomic mass is 10.2. The molecule has 1 amide bonds. The van der Waals surface area contributed by atoms with Crippen LogP contribution in [0.2, 0.25) is 0 Å². The Labute approximate surface area is 118 Å². The normalized spacial score (nSPS) is 18.0. The number of para-hydroxylation sites is 1. The van der Waals surface area contributed by atoms with Gasteiger partial charge in [0.2, 0.25) is 5.91 Å². The molecule has 1 heterocycles. The Balaban J connectivity index is 1.99. The second-order valence-electron chi connectivity index (χ2n) is 4.51. The first kappa shape index (κ1) is 14.4. The van der Waals surface area contributed by atoms with Gasteiger partial charge in [-0.3, -0.25) is 9.69 Å². The predicted molar refractivity (Wildman–Crippen MR) is 78.7 cm³/mol. The van der Waals surface area contributed by atoms with Gasteiger partial charge in [-0.2, -0.15) is 0 Å². The van der Waals surface area contributed by atoms with Gasteiger partial charge in [-0.15, -0.1) is 11.8 Å². The van der Waals surface area contributed by atoms with Crippen molar-refractivity contribution in [1.82, 2.24) is 4.90 Å². The first-order valence-electron chi connectivity index (χ1n) is 6.48. The van der Waals surface area contributed by atoms with Gasteiger partial charge in [0.1, 0.15) is 0 Å². The van der Waals surface area contributed by atoms with Gasteiger partial charge in [0.05, 0.1) is 24.9 Å². The maximum atomic E-state index is 12.3. The van der Waals surface area contributed by atoms with Crippen molar-refractivity contribution in [3.05, 3.63) is 24.3 Å². The Morgan fingerprint density at radius 1 is 1.37 bits per heavy atom. The summed E-state index contributed by atoms with van der Waals surface area (Å²) in [5.74, 6) is 0.0448. The largest absolute Gasteiger partial charge is 0.379 e. The van der Waals surface area contributed by atoms with Crippen molar-refractivity contribution >= 4 is 23.4 Å². The summed E-state index contributed by atoms with van der Waals surface area (Å²) >= 11 is 1.64. The highest BCUT2D eigenvalue weighted by molar-refractivity contribution is 7.98. The van der Waals surface area contributed by atoms with Gasteiger partial charge in [-0.05, 0) is 25.3 Å². The lowest BCUT2D eigenvalue weighted by Crippen LogP contribution is -2.47. The quantitative estimate of drug-likeness (QED) is 0.857. The summed E-state index contributed by atoms with van der Waals surface area (Å²) in [6, 6.07) is 7.75. The van der Waals surface area contributed by atoms with Crippen molar-refractivity contribution in [3.63, 3.8) is 0 Å². The Morgan fingerprint density at radius 3 is 2.74 bits per heavy atom. The van der Waals surface area contributed by atoms with Gasteiger partial charge in [-0.25, -0.2) is 0 Å². The van der Waals surface area contributed by atoms with E-state index in [2.05, 4.69) is 10.2 Å². The molecule has 0 bridgehead atoms. The van der Waals surface area contributed by atoms with Crippen LogP contribution < -0.4 is 5.32 Å². The van der Waals surface area contributed by atoms with Gasteiger partial charge in [-0.1, -0.05) is 12.1 Å². The number of thioether (sulfide) groups is 1. The first-order chi connectivity index (χ1) is 9.22. The topological polar surface area (TPSA) is 41.6 Å². The second-order valence-corrected chi connectivity index (χ2v) is 5.36. The van der Waals surface area contributed by atoms with Crippen molar-refractivity contribution in [2.45, 2.75) is 17.9 Å². The molecule has 5 heteroatoms. The highest BCUT2D eigenvalue weighted by Gasteiger charge is 2.23. The van der Waals surface area contributed by atoms with Crippen LogP contribution in [0.5, 0.6) is 0 Å². The highest BCUT2D eigenvalue weighted by atomic mass is 32.2. The molecular weight excluding hydrogens is 260 g/mol. The summed E-state index contributed by atoms with van der Waals surface area (Å²) < 4.78 is 5.31. The molecule has 0 radical (unpaired) electrons. The molecule has 0 spiro atoms. The number of rotatable bonds is 4. The van der Waals surface area contributed by atoms with Crippen LogP contribution in [0, 0.1) is 0 Å². The van der Waals surface area contributed by atoms with Crippen LogP contribution in [0.25, 0.3) is 0 Å². The number of hydrogen-bond acceptors (Lipinski definition) is 4. The standard InChI is InChI=1S/C14H20N2O2S/c1-11(16-7-9-18-10-8-16)14(17)15-12-5-3-4-6-13(12)19-2/h3-6,11H,7-10H2,1-2H3,(H,15,17). The third-order valence-electron chi connectivity index (χ3n) is 3.34. The van der Waals surface area contributed by atoms with E-state index >= 15 is 0 Å². The van der Waals surface area contributed by atoms with Gasteiger partial charge >= 0.3 is 0 Å². The molecule has 1 N–H and O–H groups in total. The molecule has 19 heavy (non-hydrogen) atoms. The number of nitrogens with one attached hydrogen (secondary N) is 1.